The van der Waals surface area contributed by atoms with E-state index in [1.807, 2.05) is 6.07 Å². The van der Waals surface area contributed by atoms with Gasteiger partial charge in [-0.15, -0.1) is 11.3 Å². The molecule has 5 N–H and O–H groups in total. The molecular weight excluding hydrogens is 322 g/mol. The molecule has 2 amide bonds. The van der Waals surface area contributed by atoms with Crippen LogP contribution in [0.15, 0.2) is 12.1 Å². The second-order valence-electron chi connectivity index (χ2n) is 4.98. The highest BCUT2D eigenvalue weighted by atomic mass is 32.1. The Labute approximate surface area is 138 Å². The molecule has 1 saturated heterocycles. The van der Waals surface area contributed by atoms with Crippen LogP contribution >= 0.6 is 24.2 Å². The van der Waals surface area contributed by atoms with Crippen molar-refractivity contribution >= 4 is 41.8 Å². The summed E-state index contributed by atoms with van der Waals surface area (Å²) in [7, 11) is 0. The molecule has 2 rings (SSSR count). The van der Waals surface area contributed by atoms with Crippen LogP contribution in [0.3, 0.4) is 0 Å². The summed E-state index contributed by atoms with van der Waals surface area (Å²) in [5, 5.41) is 10.2. The van der Waals surface area contributed by atoms with E-state index >= 15 is 0 Å². The number of thiol groups is 1. The van der Waals surface area contributed by atoms with Crippen LogP contribution in [0.5, 0.6) is 0 Å². The molecule has 0 spiro atoms. The minimum Gasteiger partial charge on any atom is -0.383 e. The Hall–Kier alpha value is -1.58. The Kier molecular flexibility index (Phi) is 5.81. The summed E-state index contributed by atoms with van der Waals surface area (Å²) in [4.78, 5) is 27.4. The summed E-state index contributed by atoms with van der Waals surface area (Å²) in [5.74, 6) is -0.250. The van der Waals surface area contributed by atoms with E-state index in [1.165, 1.54) is 11.3 Å². The van der Waals surface area contributed by atoms with Gasteiger partial charge in [0.15, 0.2) is 0 Å². The van der Waals surface area contributed by atoms with Crippen LogP contribution in [0.1, 0.15) is 22.6 Å². The van der Waals surface area contributed by atoms with Crippen molar-refractivity contribution in [2.24, 2.45) is 5.73 Å². The van der Waals surface area contributed by atoms with Gasteiger partial charge in [-0.2, -0.15) is 0 Å². The summed E-state index contributed by atoms with van der Waals surface area (Å²) in [5.41, 5.74) is 5.41. The van der Waals surface area contributed by atoms with Crippen LogP contribution in [0.25, 0.3) is 0 Å². The molecule has 7 nitrogen and oxygen atoms in total. The first-order chi connectivity index (χ1) is 10.5. The minimum atomic E-state index is -0.415. The predicted octanol–water partition coefficient (Wildman–Crippen LogP) is 0.0738. The molecule has 1 aliphatic heterocycles. The number of amides is 2. The van der Waals surface area contributed by atoms with Crippen molar-refractivity contribution in [1.29, 1.82) is 5.41 Å². The zero-order valence-electron chi connectivity index (χ0n) is 12.0. The number of rotatable bonds is 6. The van der Waals surface area contributed by atoms with Gasteiger partial charge in [0.25, 0.3) is 0 Å². The van der Waals surface area contributed by atoms with Gasteiger partial charge in [-0.3, -0.25) is 19.7 Å². The van der Waals surface area contributed by atoms with E-state index in [-0.39, 0.29) is 24.2 Å². The minimum absolute atomic E-state index is 0.0226. The molecule has 1 atom stereocenters. The fourth-order valence-corrected chi connectivity index (χ4v) is 3.36. The number of carbonyl (C=O) groups excluding carboxylic acids is 2. The fraction of sp³-hybridized carbons (Fsp3) is 0.462. The van der Waals surface area contributed by atoms with Crippen molar-refractivity contribution in [2.45, 2.75) is 25.4 Å². The highest BCUT2D eigenvalue weighted by molar-refractivity contribution is 7.78. The van der Waals surface area contributed by atoms with Crippen molar-refractivity contribution in [3.8, 4) is 0 Å². The number of nitrogen functional groups attached to an aromatic ring is 1. The van der Waals surface area contributed by atoms with E-state index in [0.717, 1.165) is 11.3 Å². The molecule has 1 aliphatic rings. The average Bonchev–Trinajstić information content (AvgIpc) is 3.14. The number of nitrogens with zero attached hydrogens (tertiary/aromatic N) is 1. The summed E-state index contributed by atoms with van der Waals surface area (Å²) in [6, 6.07) is 3.18. The molecule has 0 bridgehead atoms. The van der Waals surface area contributed by atoms with Gasteiger partial charge in [-0.25, -0.2) is 0 Å². The number of thiophene rings is 1. The highest BCUT2D eigenvalue weighted by Crippen LogP contribution is 2.19. The lowest BCUT2D eigenvalue weighted by Crippen LogP contribution is -2.47. The lowest BCUT2D eigenvalue weighted by molar-refractivity contribution is -0.137. The van der Waals surface area contributed by atoms with Gasteiger partial charge in [-0.1, -0.05) is 12.8 Å². The summed E-state index contributed by atoms with van der Waals surface area (Å²) < 4.78 is 2.52. The molecule has 22 heavy (non-hydrogen) atoms. The lowest BCUT2D eigenvalue weighted by Gasteiger charge is -2.23. The summed E-state index contributed by atoms with van der Waals surface area (Å²) in [6.45, 7) is 1.08. The number of hydrogen-bond acceptors (Lipinski definition) is 6. The molecule has 1 fully saturated rings. The van der Waals surface area contributed by atoms with E-state index in [9.17, 15) is 9.59 Å². The van der Waals surface area contributed by atoms with Gasteiger partial charge in [0.2, 0.25) is 11.8 Å². The van der Waals surface area contributed by atoms with Gasteiger partial charge >= 0.3 is 0 Å². The molecule has 1 aromatic rings. The zero-order valence-corrected chi connectivity index (χ0v) is 13.7. The van der Waals surface area contributed by atoms with Crippen LogP contribution in [0, 0.1) is 5.41 Å². The number of nitrogens with two attached hydrogens (primary N) is 1. The van der Waals surface area contributed by atoms with Gasteiger partial charge in [0.1, 0.15) is 11.9 Å². The molecule has 0 aromatic carbocycles. The monoisotopic (exact) mass is 341 g/mol. The number of likely N-dealkylation sites (tertiary alicyclic amines) is 1. The number of amidine groups is 1. The van der Waals surface area contributed by atoms with Crippen LogP contribution < -0.4 is 15.8 Å². The van der Waals surface area contributed by atoms with Crippen LogP contribution in [0.2, 0.25) is 0 Å². The molecular formula is C13H19N5O2S2. The summed E-state index contributed by atoms with van der Waals surface area (Å²) in [6.07, 6.45) is 1.50. The first kappa shape index (κ1) is 16.8. The Balaban J connectivity index is 1.90. The third-order valence-corrected chi connectivity index (χ3v) is 4.75. The maximum absolute atomic E-state index is 12.3. The van der Waals surface area contributed by atoms with Crippen molar-refractivity contribution in [2.75, 3.05) is 13.1 Å². The van der Waals surface area contributed by atoms with Gasteiger partial charge in [0.05, 0.1) is 18.0 Å². The van der Waals surface area contributed by atoms with Crippen molar-refractivity contribution in [3.63, 3.8) is 0 Å². The van der Waals surface area contributed by atoms with E-state index < -0.39 is 6.04 Å². The maximum Gasteiger partial charge on any atom is 0.243 e. The van der Waals surface area contributed by atoms with Crippen molar-refractivity contribution in [1.82, 2.24) is 14.9 Å². The van der Waals surface area contributed by atoms with Crippen LogP contribution in [-0.2, 0) is 16.1 Å². The van der Waals surface area contributed by atoms with E-state index in [4.69, 9.17) is 11.1 Å². The average molecular weight is 341 g/mol. The van der Waals surface area contributed by atoms with Crippen molar-refractivity contribution < 1.29 is 9.59 Å². The molecule has 1 aromatic heterocycles. The molecule has 9 heteroatoms. The first-order valence-corrected chi connectivity index (χ1v) is 8.16. The Morgan fingerprint density at radius 2 is 2.27 bits per heavy atom. The largest absolute Gasteiger partial charge is 0.383 e. The quantitative estimate of drug-likeness (QED) is 0.286. The van der Waals surface area contributed by atoms with Crippen molar-refractivity contribution in [3.05, 3.63) is 21.9 Å². The molecule has 2 heterocycles. The third kappa shape index (κ3) is 3.99. The van der Waals surface area contributed by atoms with Gasteiger partial charge in [0, 0.05) is 11.4 Å². The number of carbonyl (C=O) groups is 2. The van der Waals surface area contributed by atoms with E-state index in [1.54, 1.807) is 11.0 Å². The SMILES string of the molecule is N=C(N)c1ccc(CNC(=O)C2CCCN2C(=O)CNS)s1. The lowest BCUT2D eigenvalue weighted by atomic mass is 10.2. The number of nitrogens with one attached hydrogen (secondary N) is 3. The molecule has 120 valence electrons. The second kappa shape index (κ2) is 7.61. The molecule has 0 radical (unpaired) electrons. The predicted molar refractivity (Wildman–Crippen MR) is 88.9 cm³/mol. The molecule has 0 saturated carbocycles. The standard InChI is InChI=1S/C13H19N5O2S2/c14-12(15)10-4-3-8(22-10)6-16-13(20)9-2-1-5-18(9)11(19)7-17-21/h3-4,9,17,21H,1-2,5-7H2,(H3,14,15)(H,16,20). The van der Waals surface area contributed by atoms with E-state index in [2.05, 4.69) is 22.9 Å². The Morgan fingerprint density at radius 3 is 2.91 bits per heavy atom. The van der Waals surface area contributed by atoms with Gasteiger partial charge < -0.3 is 16.0 Å². The summed E-state index contributed by atoms with van der Waals surface area (Å²) >= 11 is 5.19. The fourth-order valence-electron chi connectivity index (χ4n) is 2.42. The Bertz CT molecular complexity index is 575. The van der Waals surface area contributed by atoms with Crippen LogP contribution in [0.4, 0.5) is 0 Å². The van der Waals surface area contributed by atoms with E-state index in [0.29, 0.717) is 24.4 Å². The highest BCUT2D eigenvalue weighted by Gasteiger charge is 2.33. The van der Waals surface area contributed by atoms with Gasteiger partial charge in [-0.05, 0) is 25.0 Å². The normalized spacial score (nSPS) is 17.5. The molecule has 0 aliphatic carbocycles. The smallest absolute Gasteiger partial charge is 0.243 e. The molecule has 1 unspecified atom stereocenters. The maximum atomic E-state index is 12.3. The number of hydrogen-bond donors (Lipinski definition) is 5. The van der Waals surface area contributed by atoms with Crippen LogP contribution in [-0.4, -0.2) is 41.7 Å². The first-order valence-electron chi connectivity index (χ1n) is 6.90. The Morgan fingerprint density at radius 1 is 1.50 bits per heavy atom. The topological polar surface area (TPSA) is 111 Å². The zero-order chi connectivity index (χ0) is 16.1. The third-order valence-electron chi connectivity index (χ3n) is 3.47. The second-order valence-corrected chi connectivity index (χ2v) is 6.46.